The van der Waals surface area contributed by atoms with Crippen LogP contribution in [-0.2, 0) is 6.42 Å². The highest BCUT2D eigenvalue weighted by Crippen LogP contribution is 2.25. The van der Waals surface area contributed by atoms with E-state index >= 15 is 0 Å². The van der Waals surface area contributed by atoms with E-state index in [-0.39, 0.29) is 17.3 Å². The van der Waals surface area contributed by atoms with Crippen molar-refractivity contribution in [2.45, 2.75) is 6.42 Å². The van der Waals surface area contributed by atoms with Gasteiger partial charge in [-0.25, -0.2) is 0 Å². The summed E-state index contributed by atoms with van der Waals surface area (Å²) in [7, 11) is 0. The Hall–Kier alpha value is -2.79. The van der Waals surface area contributed by atoms with Gasteiger partial charge in [-0.2, -0.15) is 0 Å². The highest BCUT2D eigenvalue weighted by Gasteiger charge is 2.14. The number of benzene rings is 2. The van der Waals surface area contributed by atoms with Crippen molar-refractivity contribution < 1.29 is 15.0 Å². The maximum atomic E-state index is 12.2. The molecule has 0 unspecified atom stereocenters. The number of nitrogens with zero attached hydrogens (tertiary/aromatic N) is 2. The van der Waals surface area contributed by atoms with Gasteiger partial charge < -0.3 is 15.1 Å². The van der Waals surface area contributed by atoms with Crippen LogP contribution in [0.5, 0.6) is 11.5 Å². The molecule has 2 aromatic carbocycles. The smallest absolute Gasteiger partial charge is 0.187 e. The van der Waals surface area contributed by atoms with Crippen LogP contribution in [-0.4, -0.2) is 58.5 Å². The van der Waals surface area contributed by atoms with E-state index in [4.69, 9.17) is 0 Å². The van der Waals surface area contributed by atoms with Crippen LogP contribution in [0.4, 0.5) is 0 Å². The lowest BCUT2D eigenvalue weighted by Gasteiger charge is -2.34. The van der Waals surface area contributed by atoms with Crippen molar-refractivity contribution in [3.05, 3.63) is 71.9 Å². The number of phenolic OH excluding ortho intramolecular Hbond substituents is 2. The van der Waals surface area contributed by atoms with Crippen LogP contribution in [0.25, 0.3) is 0 Å². The molecule has 0 saturated carbocycles. The lowest BCUT2D eigenvalue weighted by atomic mass is 10.1. The lowest BCUT2D eigenvalue weighted by Crippen LogP contribution is -2.44. The van der Waals surface area contributed by atoms with Crippen LogP contribution in [0.1, 0.15) is 15.9 Å². The lowest BCUT2D eigenvalue weighted by molar-refractivity contribution is 0.104. The first-order valence-electron chi connectivity index (χ1n) is 8.86. The van der Waals surface area contributed by atoms with Gasteiger partial charge >= 0.3 is 0 Å². The van der Waals surface area contributed by atoms with Crippen molar-refractivity contribution in [3.63, 3.8) is 0 Å². The van der Waals surface area contributed by atoms with Crippen LogP contribution >= 0.6 is 0 Å². The molecule has 2 N–H and O–H groups in total. The monoisotopic (exact) mass is 352 g/mol. The van der Waals surface area contributed by atoms with Gasteiger partial charge in [-0.05, 0) is 30.2 Å². The number of piperazine rings is 1. The van der Waals surface area contributed by atoms with Gasteiger partial charge in [0.05, 0.1) is 0 Å². The van der Waals surface area contributed by atoms with Gasteiger partial charge in [-0.1, -0.05) is 30.3 Å². The van der Waals surface area contributed by atoms with Gasteiger partial charge in [0, 0.05) is 50.6 Å². The molecule has 26 heavy (non-hydrogen) atoms. The molecule has 0 amide bonds. The fraction of sp³-hybridized carbons (Fsp3) is 0.286. The summed E-state index contributed by atoms with van der Waals surface area (Å²) in [6.07, 6.45) is 4.39. The summed E-state index contributed by atoms with van der Waals surface area (Å²) in [5, 5.41) is 18.8. The first-order chi connectivity index (χ1) is 12.6. The molecule has 0 spiro atoms. The summed E-state index contributed by atoms with van der Waals surface area (Å²) < 4.78 is 0. The zero-order chi connectivity index (χ0) is 18.4. The summed E-state index contributed by atoms with van der Waals surface area (Å²) in [6, 6.07) is 14.6. The molecule has 3 rings (SSSR count). The molecule has 0 atom stereocenters. The maximum Gasteiger partial charge on any atom is 0.187 e. The average molecular weight is 352 g/mol. The Morgan fingerprint density at radius 2 is 1.69 bits per heavy atom. The van der Waals surface area contributed by atoms with E-state index in [0.717, 1.165) is 39.1 Å². The Labute approximate surface area is 153 Å². The number of phenols is 2. The molecular formula is C21H24N2O3. The number of hydrogen-bond donors (Lipinski definition) is 2. The Balaban J connectivity index is 1.45. The van der Waals surface area contributed by atoms with Crippen LogP contribution in [0.15, 0.2) is 60.8 Å². The minimum absolute atomic E-state index is 0.188. The van der Waals surface area contributed by atoms with Crippen molar-refractivity contribution in [1.82, 2.24) is 9.80 Å². The Morgan fingerprint density at radius 1 is 0.962 bits per heavy atom. The molecule has 1 fully saturated rings. The first-order valence-corrected chi connectivity index (χ1v) is 8.86. The fourth-order valence-electron chi connectivity index (χ4n) is 3.01. The highest BCUT2D eigenvalue weighted by molar-refractivity contribution is 6.04. The quantitative estimate of drug-likeness (QED) is 0.475. The molecule has 1 aliphatic rings. The summed E-state index contributed by atoms with van der Waals surface area (Å²) in [5.74, 6) is -0.694. The Bertz CT molecular complexity index is 766. The van der Waals surface area contributed by atoms with E-state index in [1.807, 2.05) is 12.3 Å². The topological polar surface area (TPSA) is 64.0 Å². The third-order valence-corrected chi connectivity index (χ3v) is 4.66. The van der Waals surface area contributed by atoms with Gasteiger partial charge in [0.2, 0.25) is 0 Å². The van der Waals surface area contributed by atoms with E-state index < -0.39 is 0 Å². The Kier molecular flexibility index (Phi) is 5.92. The zero-order valence-electron chi connectivity index (χ0n) is 14.7. The van der Waals surface area contributed by atoms with Gasteiger partial charge in [-0.15, -0.1) is 0 Å². The third-order valence-electron chi connectivity index (χ3n) is 4.66. The maximum absolute atomic E-state index is 12.2. The largest absolute Gasteiger partial charge is 0.504 e. The molecule has 0 aliphatic carbocycles. The average Bonchev–Trinajstić information content (AvgIpc) is 2.68. The predicted octanol–water partition coefficient (Wildman–Crippen LogP) is 2.65. The second-order valence-electron chi connectivity index (χ2n) is 6.50. The molecule has 1 aliphatic heterocycles. The van der Waals surface area contributed by atoms with Crippen molar-refractivity contribution in [2.75, 3.05) is 32.7 Å². The van der Waals surface area contributed by atoms with Gasteiger partial charge in [-0.3, -0.25) is 9.69 Å². The minimum Gasteiger partial charge on any atom is -0.504 e. The second-order valence-corrected chi connectivity index (χ2v) is 6.50. The van der Waals surface area contributed by atoms with Crippen LogP contribution < -0.4 is 0 Å². The normalized spacial score (nSPS) is 15.5. The molecule has 136 valence electrons. The molecule has 1 saturated heterocycles. The van der Waals surface area contributed by atoms with Crippen LogP contribution in [0.3, 0.4) is 0 Å². The van der Waals surface area contributed by atoms with E-state index in [0.29, 0.717) is 5.56 Å². The number of aromatic hydroxyl groups is 2. The van der Waals surface area contributed by atoms with E-state index in [1.165, 1.54) is 29.8 Å². The number of hydrogen-bond acceptors (Lipinski definition) is 5. The van der Waals surface area contributed by atoms with Gasteiger partial charge in [0.1, 0.15) is 0 Å². The molecule has 5 heteroatoms. The van der Waals surface area contributed by atoms with E-state index in [1.54, 1.807) is 0 Å². The number of carbonyl (C=O) groups is 1. The summed E-state index contributed by atoms with van der Waals surface area (Å²) in [4.78, 5) is 16.7. The first kappa shape index (κ1) is 18.0. The molecule has 1 heterocycles. The van der Waals surface area contributed by atoms with Crippen molar-refractivity contribution in [3.8, 4) is 11.5 Å². The zero-order valence-corrected chi connectivity index (χ0v) is 14.7. The molecule has 0 aromatic heterocycles. The number of rotatable bonds is 6. The van der Waals surface area contributed by atoms with Gasteiger partial charge in [0.25, 0.3) is 0 Å². The highest BCUT2D eigenvalue weighted by atomic mass is 16.3. The minimum atomic E-state index is -0.281. The van der Waals surface area contributed by atoms with Crippen LogP contribution in [0, 0.1) is 0 Å². The third kappa shape index (κ3) is 4.86. The summed E-state index contributed by atoms with van der Waals surface area (Å²) in [6.45, 7) is 4.78. The van der Waals surface area contributed by atoms with Crippen molar-refractivity contribution in [1.29, 1.82) is 0 Å². The summed E-state index contributed by atoms with van der Waals surface area (Å²) in [5.41, 5.74) is 1.72. The molecular weight excluding hydrogens is 328 g/mol. The predicted molar refractivity (Wildman–Crippen MR) is 101 cm³/mol. The van der Waals surface area contributed by atoms with Crippen molar-refractivity contribution >= 4 is 5.78 Å². The molecule has 2 aromatic rings. The van der Waals surface area contributed by atoms with Gasteiger partial charge in [0.15, 0.2) is 17.3 Å². The van der Waals surface area contributed by atoms with E-state index in [9.17, 15) is 15.0 Å². The number of carbonyl (C=O) groups excluding carboxylic acids is 1. The second kappa shape index (κ2) is 8.54. The number of allylic oxidation sites excluding steroid dienone is 1. The standard InChI is InChI=1S/C21H24N2O3/c24-19(18-6-7-20(25)21(26)16-18)9-11-23-14-12-22(13-15-23)10-8-17-4-2-1-3-5-17/h1-7,9,11,16,25-26H,8,10,12-15H2/b11-9+. The summed E-state index contributed by atoms with van der Waals surface area (Å²) >= 11 is 0. The van der Waals surface area contributed by atoms with Crippen LogP contribution in [0.2, 0.25) is 0 Å². The molecule has 0 bridgehead atoms. The SMILES string of the molecule is O=C(/C=C/N1CCN(CCc2ccccc2)CC1)c1ccc(O)c(O)c1. The van der Waals surface area contributed by atoms with E-state index in [2.05, 4.69) is 34.1 Å². The molecule has 0 radical (unpaired) electrons. The fourth-order valence-corrected chi connectivity index (χ4v) is 3.01. The Morgan fingerprint density at radius 3 is 2.38 bits per heavy atom. The number of ketones is 1. The van der Waals surface area contributed by atoms with Crippen molar-refractivity contribution in [2.24, 2.45) is 0 Å². The molecule has 5 nitrogen and oxygen atoms in total.